The smallest absolute Gasteiger partial charge is 0.335 e. The van der Waals surface area contributed by atoms with Crippen LogP contribution in [-0.2, 0) is 11.3 Å². The Hall–Kier alpha value is -4.97. The quantitative estimate of drug-likeness (QED) is 0.183. The van der Waals surface area contributed by atoms with E-state index in [1.54, 1.807) is 25.3 Å². The third-order valence-corrected chi connectivity index (χ3v) is 6.74. The lowest BCUT2D eigenvalue weighted by Gasteiger charge is -2.26. The summed E-state index contributed by atoms with van der Waals surface area (Å²) in [5, 5.41) is 6.03. The van der Waals surface area contributed by atoms with Crippen molar-refractivity contribution in [2.24, 2.45) is 0 Å². The number of hydrogen-bond acceptors (Lipinski definition) is 8. The van der Waals surface area contributed by atoms with Crippen LogP contribution in [0, 0.1) is 5.82 Å². The van der Waals surface area contributed by atoms with Crippen molar-refractivity contribution in [1.29, 1.82) is 0 Å². The third-order valence-electron chi connectivity index (χ3n) is 6.74. The van der Waals surface area contributed by atoms with Crippen molar-refractivity contribution >= 4 is 40.0 Å². The summed E-state index contributed by atoms with van der Waals surface area (Å²) in [5.74, 6) is 0.169. The molecule has 0 aliphatic rings. The summed E-state index contributed by atoms with van der Waals surface area (Å²) >= 11 is 0. The van der Waals surface area contributed by atoms with Crippen molar-refractivity contribution in [2.45, 2.75) is 20.4 Å². The maximum atomic E-state index is 14.2. The first kappa shape index (κ1) is 31.0. The molecule has 0 aliphatic heterocycles. The predicted octanol–water partition coefficient (Wildman–Crippen LogP) is 4.56. The van der Waals surface area contributed by atoms with E-state index < -0.39 is 5.82 Å². The molecule has 12 heteroatoms. The highest BCUT2D eigenvalue weighted by atomic mass is 19.1. The van der Waals surface area contributed by atoms with Crippen LogP contribution in [0.2, 0.25) is 0 Å². The van der Waals surface area contributed by atoms with Gasteiger partial charge in [-0.3, -0.25) is 9.36 Å². The fraction of sp³-hybridized carbons (Fsp3) is 0.290. The number of fused-ring (bicyclic) bond motifs is 1. The lowest BCUT2D eigenvalue weighted by molar-refractivity contribution is -0.111. The number of hydrogen-bond donors (Lipinski definition) is 2. The summed E-state index contributed by atoms with van der Waals surface area (Å²) in [4.78, 5) is 38.9. The number of halogens is 1. The zero-order chi connectivity index (χ0) is 31.3. The number of nitrogens with one attached hydrogen (secondary N) is 2. The van der Waals surface area contributed by atoms with Gasteiger partial charge in [-0.15, -0.1) is 0 Å². The molecule has 2 heterocycles. The van der Waals surface area contributed by atoms with Crippen LogP contribution in [0.4, 0.5) is 27.4 Å². The van der Waals surface area contributed by atoms with Gasteiger partial charge >= 0.3 is 5.69 Å². The van der Waals surface area contributed by atoms with Crippen molar-refractivity contribution in [3.63, 3.8) is 0 Å². The van der Waals surface area contributed by atoms with Crippen LogP contribution in [-0.4, -0.2) is 71.3 Å². The summed E-state index contributed by atoms with van der Waals surface area (Å²) in [5.41, 5.74) is 3.40. The minimum Gasteiger partial charge on any atom is -0.494 e. The number of anilines is 4. The molecule has 11 nitrogen and oxygen atoms in total. The Bertz CT molecular complexity index is 1740. The van der Waals surface area contributed by atoms with Gasteiger partial charge in [0.1, 0.15) is 17.4 Å². The number of amides is 1. The fourth-order valence-corrected chi connectivity index (χ4v) is 4.46. The molecule has 2 aromatic carbocycles. The van der Waals surface area contributed by atoms with Gasteiger partial charge < -0.3 is 25.2 Å². The second-order valence-electron chi connectivity index (χ2n) is 10.5. The number of nitrogens with zero attached hydrogens (tertiary/aromatic N) is 6. The Morgan fingerprint density at radius 3 is 2.53 bits per heavy atom. The number of ether oxygens (including phenoxy) is 1. The molecule has 2 aromatic heterocycles. The molecule has 0 spiro atoms. The number of likely N-dealkylation sites (N-methyl/N-ethyl adjacent to an activating group) is 2. The number of rotatable bonds is 12. The number of benzene rings is 2. The summed E-state index contributed by atoms with van der Waals surface area (Å²) < 4.78 is 22.8. The van der Waals surface area contributed by atoms with Crippen molar-refractivity contribution < 1.29 is 13.9 Å². The molecule has 0 saturated carbocycles. The molecule has 0 fully saturated rings. The van der Waals surface area contributed by atoms with E-state index >= 15 is 0 Å². The molecule has 0 atom stereocenters. The number of imidazole rings is 1. The highest BCUT2D eigenvalue weighted by molar-refractivity contribution is 6.02. The Labute approximate surface area is 249 Å². The summed E-state index contributed by atoms with van der Waals surface area (Å²) in [7, 11) is 7.45. The second-order valence-corrected chi connectivity index (χ2v) is 10.5. The highest BCUT2D eigenvalue weighted by Crippen LogP contribution is 2.38. The zero-order valence-electron chi connectivity index (χ0n) is 25.3. The van der Waals surface area contributed by atoms with Gasteiger partial charge in [0.2, 0.25) is 11.9 Å². The van der Waals surface area contributed by atoms with Crippen molar-refractivity contribution in [2.75, 3.05) is 56.9 Å². The van der Waals surface area contributed by atoms with Gasteiger partial charge in [-0.1, -0.05) is 18.2 Å². The molecule has 4 aromatic rings. The van der Waals surface area contributed by atoms with E-state index in [0.29, 0.717) is 40.5 Å². The fourth-order valence-electron chi connectivity index (χ4n) is 4.46. The normalized spacial score (nSPS) is 11.0. The lowest BCUT2D eigenvalue weighted by Crippen LogP contribution is -2.29. The first-order chi connectivity index (χ1) is 20.5. The van der Waals surface area contributed by atoms with Gasteiger partial charge in [0.15, 0.2) is 0 Å². The van der Waals surface area contributed by atoms with Crippen LogP contribution in [0.15, 0.2) is 71.7 Å². The van der Waals surface area contributed by atoms with E-state index in [4.69, 9.17) is 4.74 Å². The Kier molecular flexibility index (Phi) is 9.61. The molecule has 0 unspecified atom stereocenters. The number of carbonyl (C=O) groups excluding carboxylic acids is 1. The van der Waals surface area contributed by atoms with Gasteiger partial charge in [-0.2, -0.15) is 4.98 Å². The van der Waals surface area contributed by atoms with Crippen LogP contribution in [0.1, 0.15) is 13.8 Å². The van der Waals surface area contributed by atoms with Crippen LogP contribution >= 0.6 is 0 Å². The van der Waals surface area contributed by atoms with E-state index in [0.717, 1.165) is 17.8 Å². The number of carbonyl (C=O) groups is 1. The van der Waals surface area contributed by atoms with Crippen molar-refractivity contribution in [1.82, 2.24) is 24.0 Å². The molecule has 2 N–H and O–H groups in total. The SMILES string of the molecule is C=CC(=O)Nc1cc(Nc2nccc(-n3c(=O)n(CC=C(C)C)c4cc(F)ccc43)n2)c(OC)cc1N(C)CCN(C)C. The van der Waals surface area contributed by atoms with Gasteiger partial charge in [-0.05, 0) is 58.3 Å². The Balaban J connectivity index is 1.77. The summed E-state index contributed by atoms with van der Waals surface area (Å²) in [6.45, 7) is 9.22. The topological polar surface area (TPSA) is 110 Å². The first-order valence-electron chi connectivity index (χ1n) is 13.7. The van der Waals surface area contributed by atoms with Crippen molar-refractivity contribution in [3.8, 4) is 11.6 Å². The van der Waals surface area contributed by atoms with Crippen LogP contribution in [0.3, 0.4) is 0 Å². The van der Waals surface area contributed by atoms with Crippen LogP contribution in [0.5, 0.6) is 5.75 Å². The largest absolute Gasteiger partial charge is 0.494 e. The molecule has 0 saturated heterocycles. The molecular weight excluding hydrogens is 551 g/mol. The minimum absolute atomic E-state index is 0.185. The molecular formula is C31H37FN8O3. The molecule has 4 rings (SSSR count). The van der Waals surface area contributed by atoms with Gasteiger partial charge in [-0.25, -0.2) is 18.7 Å². The Morgan fingerprint density at radius 1 is 1.09 bits per heavy atom. The van der Waals surface area contributed by atoms with E-state index in [-0.39, 0.29) is 24.1 Å². The zero-order valence-corrected chi connectivity index (χ0v) is 25.3. The molecule has 0 aliphatic carbocycles. The molecule has 226 valence electrons. The van der Waals surface area contributed by atoms with Crippen LogP contribution in [0.25, 0.3) is 16.9 Å². The molecule has 1 amide bonds. The van der Waals surface area contributed by atoms with Crippen LogP contribution < -0.4 is 26.0 Å². The third kappa shape index (κ3) is 7.09. The number of aromatic nitrogens is 4. The maximum Gasteiger partial charge on any atom is 0.335 e. The average molecular weight is 589 g/mol. The Morgan fingerprint density at radius 2 is 1.86 bits per heavy atom. The van der Waals surface area contributed by atoms with E-state index in [1.165, 1.54) is 33.5 Å². The highest BCUT2D eigenvalue weighted by Gasteiger charge is 2.19. The van der Waals surface area contributed by atoms with Crippen molar-refractivity contribution in [3.05, 3.63) is 83.2 Å². The molecule has 43 heavy (non-hydrogen) atoms. The summed E-state index contributed by atoms with van der Waals surface area (Å²) in [6, 6.07) is 9.37. The minimum atomic E-state index is -0.442. The van der Waals surface area contributed by atoms with E-state index in [2.05, 4.69) is 32.1 Å². The molecule has 0 bridgehead atoms. The second kappa shape index (κ2) is 13.3. The van der Waals surface area contributed by atoms with Gasteiger partial charge in [0, 0.05) is 45.0 Å². The molecule has 0 radical (unpaired) electrons. The maximum absolute atomic E-state index is 14.2. The monoisotopic (exact) mass is 588 g/mol. The van der Waals surface area contributed by atoms with Gasteiger partial charge in [0.25, 0.3) is 0 Å². The van der Waals surface area contributed by atoms with E-state index in [9.17, 15) is 14.0 Å². The number of allylic oxidation sites excluding steroid dienone is 2. The average Bonchev–Trinajstić information content (AvgIpc) is 3.24. The lowest BCUT2D eigenvalue weighted by atomic mass is 10.2. The van der Waals surface area contributed by atoms with Gasteiger partial charge in [0.05, 0.1) is 35.2 Å². The first-order valence-corrected chi connectivity index (χ1v) is 13.7. The standard InChI is InChI=1S/C31H37FN8O3/c1-8-29(41)34-22-18-23(27(43-7)19-25(22)38(6)16-15-37(4)5)35-30-33-13-11-28(36-30)40-24-10-9-21(32)17-26(24)39(31(40)42)14-12-20(2)3/h8-13,17-19H,1,14-16H2,2-7H3,(H,34,41)(H,33,35,36). The van der Waals surface area contributed by atoms with E-state index in [1.807, 2.05) is 52.0 Å². The predicted molar refractivity (Wildman–Crippen MR) is 169 cm³/mol. The summed E-state index contributed by atoms with van der Waals surface area (Å²) in [6.07, 6.45) is 4.63. The number of methoxy groups -OCH3 is 1.